The molecule has 7 heteroatoms. The number of rotatable bonds is 8. The van der Waals surface area contributed by atoms with Crippen LogP contribution in [0.2, 0.25) is 0 Å². The van der Waals surface area contributed by atoms with Gasteiger partial charge in [-0.15, -0.1) is 0 Å². The molecular formula is C27H27N3O2S2. The zero-order chi connectivity index (χ0) is 24.2. The van der Waals surface area contributed by atoms with Crippen LogP contribution < -0.4 is 4.74 Å². The van der Waals surface area contributed by atoms with Gasteiger partial charge in [-0.1, -0.05) is 68.7 Å². The van der Waals surface area contributed by atoms with Gasteiger partial charge in [-0.05, 0) is 54.8 Å². The van der Waals surface area contributed by atoms with Gasteiger partial charge in [0, 0.05) is 23.9 Å². The van der Waals surface area contributed by atoms with Crippen molar-refractivity contribution < 1.29 is 9.53 Å². The van der Waals surface area contributed by atoms with E-state index in [0.29, 0.717) is 28.3 Å². The highest BCUT2D eigenvalue weighted by Gasteiger charge is 2.32. The third-order valence-corrected chi connectivity index (χ3v) is 6.65. The summed E-state index contributed by atoms with van der Waals surface area (Å²) in [6.07, 6.45) is 5.58. The molecule has 3 aromatic rings. The van der Waals surface area contributed by atoms with Gasteiger partial charge in [0.05, 0.1) is 10.6 Å². The largest absolute Gasteiger partial charge is 0.489 e. The minimum atomic E-state index is -0.0496. The van der Waals surface area contributed by atoms with Crippen LogP contribution in [-0.2, 0) is 4.79 Å². The summed E-state index contributed by atoms with van der Waals surface area (Å²) >= 11 is 6.83. The number of aromatic nitrogens is 2. The molecule has 1 saturated heterocycles. The van der Waals surface area contributed by atoms with Gasteiger partial charge in [-0.3, -0.25) is 9.69 Å². The molecule has 0 spiro atoms. The van der Waals surface area contributed by atoms with Crippen molar-refractivity contribution in [3.8, 4) is 22.7 Å². The number of thioether (sulfide) groups is 1. The van der Waals surface area contributed by atoms with E-state index in [1.807, 2.05) is 66.3 Å². The third-order valence-electron chi connectivity index (χ3n) is 5.28. The van der Waals surface area contributed by atoms with Crippen molar-refractivity contribution in [3.05, 3.63) is 83.4 Å². The van der Waals surface area contributed by atoms with E-state index in [9.17, 15) is 4.79 Å². The van der Waals surface area contributed by atoms with E-state index in [-0.39, 0.29) is 5.91 Å². The average Bonchev–Trinajstić information content (AvgIpc) is 3.35. The van der Waals surface area contributed by atoms with Gasteiger partial charge in [-0.2, -0.15) is 5.10 Å². The molecule has 0 N–H and O–H groups in total. The lowest BCUT2D eigenvalue weighted by atomic mass is 10.0. The first kappa shape index (κ1) is 24.0. The summed E-state index contributed by atoms with van der Waals surface area (Å²) in [6.45, 7) is 10.9. The highest BCUT2D eigenvalue weighted by atomic mass is 32.2. The fourth-order valence-corrected chi connectivity index (χ4v) is 4.97. The van der Waals surface area contributed by atoms with Crippen molar-refractivity contribution in [2.24, 2.45) is 5.92 Å². The van der Waals surface area contributed by atoms with E-state index in [2.05, 4.69) is 26.5 Å². The predicted molar refractivity (Wildman–Crippen MR) is 144 cm³/mol. The molecule has 0 saturated carbocycles. The summed E-state index contributed by atoms with van der Waals surface area (Å²) in [4.78, 5) is 15.4. The molecule has 1 fully saturated rings. The second-order valence-corrected chi connectivity index (χ2v) is 10.2. The summed E-state index contributed by atoms with van der Waals surface area (Å²) in [5, 5.41) is 4.89. The Kier molecular flexibility index (Phi) is 7.34. The molecule has 0 unspecified atom stereocenters. The number of hydrogen-bond acceptors (Lipinski definition) is 5. The van der Waals surface area contributed by atoms with Crippen molar-refractivity contribution >= 4 is 40.3 Å². The standard InChI is InChI=1S/C27H27N3O2S2/c1-5-13-32-23-12-11-20(14-19(23)4)25-21(17-30(28-25)22-9-7-6-8-10-22)15-24-26(31)29(16-18(2)3)27(33)34-24/h5-12,14-15,17-18H,1,13,16H2,2-4H3/b24-15-. The maximum atomic E-state index is 13.1. The highest BCUT2D eigenvalue weighted by Crippen LogP contribution is 2.36. The van der Waals surface area contributed by atoms with E-state index in [4.69, 9.17) is 22.1 Å². The lowest BCUT2D eigenvalue weighted by Crippen LogP contribution is -2.31. The van der Waals surface area contributed by atoms with Crippen LogP contribution in [-0.4, -0.2) is 38.1 Å². The van der Waals surface area contributed by atoms with Crippen LogP contribution in [0.5, 0.6) is 5.75 Å². The Labute approximate surface area is 210 Å². The minimum Gasteiger partial charge on any atom is -0.489 e. The Morgan fingerprint density at radius 2 is 1.97 bits per heavy atom. The fraction of sp³-hybridized carbons (Fsp3) is 0.222. The molecular weight excluding hydrogens is 462 g/mol. The molecule has 0 aliphatic carbocycles. The number of para-hydroxylation sites is 1. The Hall–Kier alpha value is -3.16. The van der Waals surface area contributed by atoms with E-state index >= 15 is 0 Å². The molecule has 1 amide bonds. The fourth-order valence-electron chi connectivity index (χ4n) is 3.70. The zero-order valence-electron chi connectivity index (χ0n) is 19.5. The first-order valence-corrected chi connectivity index (χ1v) is 12.3. The molecule has 4 rings (SSSR count). The van der Waals surface area contributed by atoms with Crippen molar-refractivity contribution in [1.29, 1.82) is 0 Å². The van der Waals surface area contributed by atoms with Crippen LogP contribution >= 0.6 is 24.0 Å². The number of nitrogens with zero attached hydrogens (tertiary/aromatic N) is 3. The summed E-state index contributed by atoms with van der Waals surface area (Å²) in [7, 11) is 0. The molecule has 2 aromatic carbocycles. The molecule has 174 valence electrons. The van der Waals surface area contributed by atoms with Crippen molar-refractivity contribution in [2.45, 2.75) is 20.8 Å². The van der Waals surface area contributed by atoms with E-state index in [1.165, 1.54) is 11.8 Å². The Balaban J connectivity index is 1.77. The Bertz CT molecular complexity index is 1260. The third kappa shape index (κ3) is 5.16. The van der Waals surface area contributed by atoms with Gasteiger partial charge in [-0.25, -0.2) is 4.68 Å². The molecule has 1 aliphatic rings. The van der Waals surface area contributed by atoms with Crippen molar-refractivity contribution in [3.63, 3.8) is 0 Å². The second-order valence-electron chi connectivity index (χ2n) is 8.48. The molecule has 2 heterocycles. The number of ether oxygens (including phenoxy) is 1. The van der Waals surface area contributed by atoms with Gasteiger partial charge in [0.1, 0.15) is 22.4 Å². The Morgan fingerprint density at radius 1 is 1.21 bits per heavy atom. The predicted octanol–water partition coefficient (Wildman–Crippen LogP) is 6.27. The topological polar surface area (TPSA) is 47.4 Å². The van der Waals surface area contributed by atoms with E-state index < -0.39 is 0 Å². The lowest BCUT2D eigenvalue weighted by molar-refractivity contribution is -0.122. The number of benzene rings is 2. The van der Waals surface area contributed by atoms with Gasteiger partial charge in [0.15, 0.2) is 0 Å². The van der Waals surface area contributed by atoms with Crippen LogP contribution in [0.15, 0.2) is 72.3 Å². The minimum absolute atomic E-state index is 0.0496. The monoisotopic (exact) mass is 489 g/mol. The van der Waals surface area contributed by atoms with Crippen LogP contribution in [0.1, 0.15) is 25.0 Å². The number of carbonyl (C=O) groups excluding carboxylic acids is 1. The van der Waals surface area contributed by atoms with Crippen LogP contribution in [0.25, 0.3) is 23.0 Å². The van der Waals surface area contributed by atoms with Crippen molar-refractivity contribution in [1.82, 2.24) is 14.7 Å². The van der Waals surface area contributed by atoms with Crippen LogP contribution in [0, 0.1) is 12.8 Å². The van der Waals surface area contributed by atoms with Crippen LogP contribution in [0.3, 0.4) is 0 Å². The first-order valence-electron chi connectivity index (χ1n) is 11.1. The zero-order valence-corrected chi connectivity index (χ0v) is 21.2. The van der Waals surface area contributed by atoms with Gasteiger partial charge in [0.25, 0.3) is 5.91 Å². The summed E-state index contributed by atoms with van der Waals surface area (Å²) < 4.78 is 8.17. The number of amides is 1. The molecule has 0 bridgehead atoms. The number of aryl methyl sites for hydroxylation is 1. The normalized spacial score (nSPS) is 14.9. The maximum absolute atomic E-state index is 13.1. The summed E-state index contributed by atoms with van der Waals surface area (Å²) in [6, 6.07) is 15.9. The average molecular weight is 490 g/mol. The maximum Gasteiger partial charge on any atom is 0.266 e. The number of carbonyl (C=O) groups is 1. The lowest BCUT2D eigenvalue weighted by Gasteiger charge is -2.16. The molecule has 34 heavy (non-hydrogen) atoms. The highest BCUT2D eigenvalue weighted by molar-refractivity contribution is 8.26. The number of hydrogen-bond donors (Lipinski definition) is 0. The van der Waals surface area contributed by atoms with Crippen LogP contribution in [0.4, 0.5) is 0 Å². The summed E-state index contributed by atoms with van der Waals surface area (Å²) in [5.41, 5.74) is 4.53. The van der Waals surface area contributed by atoms with E-state index in [1.54, 1.807) is 11.0 Å². The Morgan fingerprint density at radius 3 is 2.65 bits per heavy atom. The van der Waals surface area contributed by atoms with Gasteiger partial charge in [0.2, 0.25) is 0 Å². The van der Waals surface area contributed by atoms with Gasteiger partial charge >= 0.3 is 0 Å². The quantitative estimate of drug-likeness (QED) is 0.212. The van der Waals surface area contributed by atoms with Crippen molar-refractivity contribution in [2.75, 3.05) is 13.2 Å². The molecule has 1 aromatic heterocycles. The SMILES string of the molecule is C=CCOc1ccc(-c2nn(-c3ccccc3)cc2/C=C2\SC(=S)N(CC(C)C)C2=O)cc1C. The molecule has 1 aliphatic heterocycles. The van der Waals surface area contributed by atoms with Gasteiger partial charge < -0.3 is 4.74 Å². The molecule has 0 atom stereocenters. The van der Waals surface area contributed by atoms with E-state index in [0.717, 1.165) is 33.8 Å². The second kappa shape index (κ2) is 10.4. The molecule has 5 nitrogen and oxygen atoms in total. The summed E-state index contributed by atoms with van der Waals surface area (Å²) in [5.74, 6) is 1.09. The number of thiocarbonyl (C=S) groups is 1. The molecule has 0 radical (unpaired) electrons. The first-order chi connectivity index (χ1) is 16.4. The smallest absolute Gasteiger partial charge is 0.266 e.